The Balaban J connectivity index is 0.000000236. The van der Waals surface area contributed by atoms with Gasteiger partial charge in [-0.3, -0.25) is 18.9 Å². The predicted molar refractivity (Wildman–Crippen MR) is 200 cm³/mol. The fourth-order valence-electron chi connectivity index (χ4n) is 4.53. The quantitative estimate of drug-likeness (QED) is 0.108. The Morgan fingerprint density at radius 1 is 1.09 bits per heavy atom. The van der Waals surface area contributed by atoms with Crippen molar-refractivity contribution in [2.75, 3.05) is 30.1 Å². The minimum Gasteiger partial charge on any atom is -0.480 e. The van der Waals surface area contributed by atoms with Crippen molar-refractivity contribution in [2.24, 2.45) is 5.73 Å². The molecule has 0 saturated heterocycles. The highest BCUT2D eigenvalue weighted by Crippen LogP contribution is 2.42. The van der Waals surface area contributed by atoms with Crippen LogP contribution in [0.1, 0.15) is 59.2 Å². The molecule has 0 aliphatic heterocycles. The van der Waals surface area contributed by atoms with E-state index in [1.54, 1.807) is 0 Å². The molecule has 0 radical (unpaired) electrons. The number of carboxylic acids is 1. The monoisotopic (exact) mass is 892 g/mol. The largest absolute Gasteiger partial charge is 0.480 e. The summed E-state index contributed by atoms with van der Waals surface area (Å²) < 4.78 is 90.8. The standard InChI is InChI=1S/C14H12ClNO4S.C11H10Cl2F2N4O3S.C5H12NO4P/c1-21(18,19)12-6-9(15)4-5-10(12)13(17)11-7-16-20-14(11)8-2-3-8;1-5-16-19(11(20)18(5)10(14)15)9-4-8(17-23(2,21)22)6(12)3-7(9)13;1-11(9,10)3-2-4(6)5(7)8/h4-8H,2-3H2,1H3;3-4,10,17H,1-2H3;4H,2-3,6H2,1H3,(H,7,8)(H,9,10). The zero-order valence-electron chi connectivity index (χ0n) is 29.1. The maximum atomic E-state index is 12.8. The zero-order chi connectivity index (χ0) is 41.8. The van der Waals surface area contributed by atoms with E-state index in [2.05, 4.69) is 15.0 Å². The van der Waals surface area contributed by atoms with E-state index in [0.29, 0.717) is 16.0 Å². The van der Waals surface area contributed by atoms with Crippen molar-refractivity contribution in [3.05, 3.63) is 84.8 Å². The molecule has 1 aliphatic carbocycles. The smallest absolute Gasteiger partial charge is 0.355 e. The molecule has 2 atom stereocenters. The fourth-order valence-corrected chi connectivity index (χ4v) is 7.56. The molecule has 5 rings (SSSR count). The van der Waals surface area contributed by atoms with E-state index in [1.165, 1.54) is 44.1 Å². The van der Waals surface area contributed by atoms with Crippen LogP contribution in [0.3, 0.4) is 0 Å². The molecule has 1 fully saturated rings. The number of nitrogens with zero attached hydrogens (tertiary/aromatic N) is 4. The van der Waals surface area contributed by atoms with Gasteiger partial charge in [0.05, 0.1) is 44.3 Å². The zero-order valence-corrected chi connectivity index (χ0v) is 33.9. The maximum Gasteiger partial charge on any atom is 0.355 e. The van der Waals surface area contributed by atoms with Crippen molar-refractivity contribution in [1.29, 1.82) is 0 Å². The molecule has 2 unspecified atom stereocenters. The van der Waals surface area contributed by atoms with Crippen LogP contribution in [0.5, 0.6) is 0 Å². The number of nitrogens with two attached hydrogens (primary N) is 1. The van der Waals surface area contributed by atoms with Crippen LogP contribution < -0.4 is 16.1 Å². The fraction of sp³-hybridized carbons (Fsp3) is 0.367. The molecule has 0 spiro atoms. The van der Waals surface area contributed by atoms with Crippen molar-refractivity contribution in [3.8, 4) is 5.69 Å². The van der Waals surface area contributed by atoms with Gasteiger partial charge in [-0.05, 0) is 56.5 Å². The van der Waals surface area contributed by atoms with Crippen molar-refractivity contribution >= 4 is 79.5 Å². The minimum absolute atomic E-state index is 0.0257. The third kappa shape index (κ3) is 12.9. The number of nitrogens with one attached hydrogen (secondary N) is 1. The average Bonchev–Trinajstić information content (AvgIpc) is 3.69. The molecule has 25 heteroatoms. The molecule has 0 amide bonds. The van der Waals surface area contributed by atoms with Gasteiger partial charge in [0.15, 0.2) is 28.7 Å². The molecule has 1 saturated carbocycles. The van der Waals surface area contributed by atoms with E-state index < -0.39 is 57.3 Å². The van der Waals surface area contributed by atoms with Gasteiger partial charge in [0.25, 0.3) is 0 Å². The molecule has 2 aromatic heterocycles. The molecular formula is C30H34Cl3F2N6O11PS2. The second-order valence-corrected chi connectivity index (χ2v) is 19.7. The Morgan fingerprint density at radius 2 is 1.71 bits per heavy atom. The first-order chi connectivity index (χ1) is 25.2. The third-order valence-corrected chi connectivity index (χ3v) is 11.0. The lowest BCUT2D eigenvalue weighted by Gasteiger charge is -2.10. The highest BCUT2D eigenvalue weighted by molar-refractivity contribution is 7.92. The topological polar surface area (TPSA) is 264 Å². The summed E-state index contributed by atoms with van der Waals surface area (Å²) >= 11 is 17.7. The number of halogens is 5. The Labute approximate surface area is 327 Å². The summed E-state index contributed by atoms with van der Waals surface area (Å²) in [6.45, 7) is -0.665. The van der Waals surface area contributed by atoms with Crippen molar-refractivity contribution in [2.45, 2.75) is 49.6 Å². The summed E-state index contributed by atoms with van der Waals surface area (Å²) in [6.07, 6.45) is 5.20. The molecule has 2 heterocycles. The van der Waals surface area contributed by atoms with Crippen LogP contribution in [0.2, 0.25) is 15.1 Å². The van der Waals surface area contributed by atoms with Gasteiger partial charge in [-0.1, -0.05) is 40.0 Å². The second-order valence-electron chi connectivity index (χ2n) is 12.2. The second kappa shape index (κ2) is 18.1. The molecule has 0 bridgehead atoms. The average molecular weight is 894 g/mol. The number of hydrogen-bond acceptors (Lipinski definition) is 12. The first-order valence-electron chi connectivity index (χ1n) is 15.4. The molecule has 17 nitrogen and oxygen atoms in total. The molecular weight excluding hydrogens is 860 g/mol. The number of aliphatic carboxylic acids is 1. The molecule has 4 aromatic rings. The lowest BCUT2D eigenvalue weighted by Crippen LogP contribution is -2.30. The lowest BCUT2D eigenvalue weighted by molar-refractivity contribution is -0.138. The van der Waals surface area contributed by atoms with Gasteiger partial charge in [-0.25, -0.2) is 26.2 Å². The normalized spacial score (nSPS) is 14.5. The number of rotatable bonds is 12. The van der Waals surface area contributed by atoms with Crippen LogP contribution >= 0.6 is 42.2 Å². The Morgan fingerprint density at radius 3 is 2.20 bits per heavy atom. The highest BCUT2D eigenvalue weighted by Gasteiger charge is 2.34. The van der Waals surface area contributed by atoms with Gasteiger partial charge >= 0.3 is 18.2 Å². The maximum absolute atomic E-state index is 12.8. The molecule has 1 aliphatic rings. The van der Waals surface area contributed by atoms with Crippen LogP contribution in [0.25, 0.3) is 5.69 Å². The number of hydrogen-bond donors (Lipinski definition) is 4. The van der Waals surface area contributed by atoms with Crippen molar-refractivity contribution in [1.82, 2.24) is 19.5 Å². The number of benzene rings is 2. The number of sulfone groups is 1. The number of carbonyl (C=O) groups is 2. The Kier molecular flexibility index (Phi) is 15.0. The van der Waals surface area contributed by atoms with Gasteiger partial charge in [-0.15, -0.1) is 5.10 Å². The first-order valence-corrected chi connectivity index (χ1v) is 22.6. The lowest BCUT2D eigenvalue weighted by atomic mass is 10.0. The number of aromatic nitrogens is 4. The van der Waals surface area contributed by atoms with E-state index in [-0.39, 0.29) is 65.8 Å². The Hall–Kier alpha value is -3.69. The van der Waals surface area contributed by atoms with Gasteiger partial charge < -0.3 is 20.3 Å². The predicted octanol–water partition coefficient (Wildman–Crippen LogP) is 4.94. The summed E-state index contributed by atoms with van der Waals surface area (Å²) in [5, 5.41) is 15.8. The van der Waals surface area contributed by atoms with E-state index in [1.807, 2.05) is 0 Å². The number of alkyl halides is 2. The van der Waals surface area contributed by atoms with E-state index in [4.69, 9.17) is 55.1 Å². The number of sulfonamides is 1. The molecule has 55 heavy (non-hydrogen) atoms. The van der Waals surface area contributed by atoms with Crippen LogP contribution in [0.15, 0.2) is 50.7 Å². The molecule has 2 aromatic carbocycles. The SMILES string of the molecule is CP(=O)(O)CCC(N)C(=O)O.CS(=O)(=O)c1cc(Cl)ccc1C(=O)c1cnoc1C1CC1.Cc1nn(-c2cc(NS(C)(=O)=O)c(Cl)cc2Cl)c(=O)n1C(F)F. The number of carboxylic acid groups (broad SMARTS) is 1. The van der Waals surface area contributed by atoms with Gasteiger partial charge in [0, 0.05) is 35.6 Å². The van der Waals surface area contributed by atoms with Crippen molar-refractivity contribution < 1.29 is 54.3 Å². The van der Waals surface area contributed by atoms with E-state index in [9.17, 15) is 44.6 Å². The third-order valence-electron chi connectivity index (χ3n) is 7.29. The van der Waals surface area contributed by atoms with Crippen LogP contribution in [-0.2, 0) is 29.2 Å². The van der Waals surface area contributed by atoms with Crippen molar-refractivity contribution in [3.63, 3.8) is 0 Å². The van der Waals surface area contributed by atoms with Crippen LogP contribution in [-0.4, -0.2) is 89.5 Å². The van der Waals surface area contributed by atoms with Crippen LogP contribution in [0, 0.1) is 6.92 Å². The van der Waals surface area contributed by atoms with Gasteiger partial charge in [-0.2, -0.15) is 13.5 Å². The molecule has 302 valence electrons. The first kappa shape index (κ1) is 45.7. The highest BCUT2D eigenvalue weighted by atomic mass is 35.5. The van der Waals surface area contributed by atoms with Gasteiger partial charge in [0.2, 0.25) is 10.0 Å². The summed E-state index contributed by atoms with van der Waals surface area (Å²) in [7, 11) is -10.3. The summed E-state index contributed by atoms with van der Waals surface area (Å²) in [5.74, 6) is -1.03. The van der Waals surface area contributed by atoms with Crippen LogP contribution in [0.4, 0.5) is 14.5 Å². The summed E-state index contributed by atoms with van der Waals surface area (Å²) in [4.78, 5) is 43.4. The van der Waals surface area contributed by atoms with E-state index in [0.717, 1.165) is 31.4 Å². The Bertz CT molecular complexity index is 2420. The summed E-state index contributed by atoms with van der Waals surface area (Å²) in [5.41, 5.74) is 4.23. The van der Waals surface area contributed by atoms with Gasteiger partial charge in [0.1, 0.15) is 11.9 Å². The number of anilines is 1. The van der Waals surface area contributed by atoms with E-state index >= 15 is 0 Å². The summed E-state index contributed by atoms with van der Waals surface area (Å²) in [6, 6.07) is 5.48. The number of carbonyl (C=O) groups excluding carboxylic acids is 1. The minimum atomic E-state index is -3.65. The molecule has 5 N–H and O–H groups in total. The number of ketones is 1. The number of aryl methyl sites for hydroxylation is 1.